The molecule has 1 N–H and O–H groups in total. The van der Waals surface area contributed by atoms with Crippen LogP contribution < -0.4 is 5.32 Å². The molecule has 0 atom stereocenters. The zero-order valence-electron chi connectivity index (χ0n) is 8.42. The summed E-state index contributed by atoms with van der Waals surface area (Å²) in [6.45, 7) is 0. The summed E-state index contributed by atoms with van der Waals surface area (Å²) in [6, 6.07) is 5.76. The minimum atomic E-state index is -0.542. The van der Waals surface area contributed by atoms with Crippen LogP contribution in [0.5, 0.6) is 0 Å². The number of Topliss-reactive ketones (excluding diaryl/α,β-unsaturated/α-hetero) is 1. The first-order valence-corrected chi connectivity index (χ1v) is 4.63. The van der Waals surface area contributed by atoms with Crippen molar-refractivity contribution in [3.8, 4) is 0 Å². The van der Waals surface area contributed by atoms with E-state index in [0.717, 1.165) is 0 Å². The van der Waals surface area contributed by atoms with Gasteiger partial charge in [-0.05, 0) is 12.1 Å². The zero-order chi connectivity index (χ0) is 11.3. The summed E-state index contributed by atoms with van der Waals surface area (Å²) in [4.78, 5) is 22.3. The van der Waals surface area contributed by atoms with Gasteiger partial charge in [0.15, 0.2) is 5.78 Å². The van der Waals surface area contributed by atoms with E-state index in [0.29, 0.717) is 0 Å². The van der Waals surface area contributed by atoms with Gasteiger partial charge in [0.2, 0.25) is 5.91 Å². The number of nitrogens with one attached hydrogen (secondary N) is 1. The van der Waals surface area contributed by atoms with Crippen molar-refractivity contribution < 1.29 is 14.0 Å². The Bertz CT molecular complexity index is 377. The Hall–Kier alpha value is -1.71. The third kappa shape index (κ3) is 3.16. The average molecular weight is 209 g/mol. The molecule has 15 heavy (non-hydrogen) atoms. The Labute approximate surface area is 87.3 Å². The molecule has 0 unspecified atom stereocenters. The Balaban J connectivity index is 2.62. The molecule has 0 spiro atoms. The van der Waals surface area contributed by atoms with Crippen molar-refractivity contribution in [2.45, 2.75) is 12.8 Å². The van der Waals surface area contributed by atoms with Crippen LogP contribution in [-0.2, 0) is 4.79 Å². The molecule has 3 nitrogen and oxygen atoms in total. The van der Waals surface area contributed by atoms with E-state index in [-0.39, 0.29) is 30.1 Å². The van der Waals surface area contributed by atoms with Crippen LogP contribution in [0.4, 0.5) is 4.39 Å². The maximum absolute atomic E-state index is 13.1. The summed E-state index contributed by atoms with van der Waals surface area (Å²) in [6.07, 6.45) is 0.115. The minimum absolute atomic E-state index is 0.0284. The highest BCUT2D eigenvalue weighted by molar-refractivity contribution is 5.98. The predicted molar refractivity (Wildman–Crippen MR) is 54.0 cm³/mol. The standard InChI is InChI=1S/C11H12FNO2/c1-13-11(15)7-6-10(14)8-4-2-3-5-9(8)12/h2-5H,6-7H2,1H3,(H,13,15). The molecular weight excluding hydrogens is 197 g/mol. The summed E-state index contributed by atoms with van der Waals surface area (Å²) in [7, 11) is 1.50. The summed E-state index contributed by atoms with van der Waals surface area (Å²) >= 11 is 0. The van der Waals surface area contributed by atoms with E-state index >= 15 is 0 Å². The van der Waals surface area contributed by atoms with Crippen LogP contribution in [0, 0.1) is 5.82 Å². The first kappa shape index (κ1) is 11.4. The normalized spacial score (nSPS) is 9.73. The Morgan fingerprint density at radius 2 is 1.93 bits per heavy atom. The van der Waals surface area contributed by atoms with E-state index in [2.05, 4.69) is 5.32 Å². The SMILES string of the molecule is CNC(=O)CCC(=O)c1ccccc1F. The van der Waals surface area contributed by atoms with Crippen molar-refractivity contribution in [1.29, 1.82) is 0 Å². The fourth-order valence-corrected chi connectivity index (χ4v) is 1.17. The molecule has 0 radical (unpaired) electrons. The summed E-state index contributed by atoms with van der Waals surface area (Å²) in [5.41, 5.74) is 0.0430. The first-order chi connectivity index (χ1) is 7.15. The van der Waals surface area contributed by atoms with Gasteiger partial charge in [-0.15, -0.1) is 0 Å². The Morgan fingerprint density at radius 1 is 1.27 bits per heavy atom. The van der Waals surface area contributed by atoms with Gasteiger partial charge >= 0.3 is 0 Å². The predicted octanol–water partition coefficient (Wildman–Crippen LogP) is 1.53. The minimum Gasteiger partial charge on any atom is -0.359 e. The van der Waals surface area contributed by atoms with E-state index in [1.807, 2.05) is 0 Å². The largest absolute Gasteiger partial charge is 0.359 e. The average Bonchev–Trinajstić information content (AvgIpc) is 2.26. The number of carbonyl (C=O) groups is 2. The van der Waals surface area contributed by atoms with Gasteiger partial charge in [0.05, 0.1) is 5.56 Å². The Kier molecular flexibility index (Phi) is 3.97. The quantitative estimate of drug-likeness (QED) is 0.764. The Morgan fingerprint density at radius 3 is 2.53 bits per heavy atom. The number of amides is 1. The lowest BCUT2D eigenvalue weighted by Gasteiger charge is -2.01. The maximum atomic E-state index is 13.1. The summed E-state index contributed by atoms with van der Waals surface area (Å²) in [5.74, 6) is -1.12. The lowest BCUT2D eigenvalue weighted by Crippen LogP contribution is -2.18. The van der Waals surface area contributed by atoms with Crippen molar-refractivity contribution in [3.63, 3.8) is 0 Å². The van der Waals surface area contributed by atoms with Crippen LogP contribution in [-0.4, -0.2) is 18.7 Å². The lowest BCUT2D eigenvalue weighted by atomic mass is 10.1. The molecule has 0 aromatic heterocycles. The summed E-state index contributed by atoms with van der Waals surface area (Å²) < 4.78 is 13.1. The third-order valence-corrected chi connectivity index (χ3v) is 2.03. The van der Waals surface area contributed by atoms with Crippen molar-refractivity contribution >= 4 is 11.7 Å². The molecule has 0 fully saturated rings. The number of benzene rings is 1. The molecule has 1 aromatic rings. The van der Waals surface area contributed by atoms with E-state index in [9.17, 15) is 14.0 Å². The highest BCUT2D eigenvalue weighted by Gasteiger charge is 2.11. The van der Waals surface area contributed by atoms with Crippen LogP contribution >= 0.6 is 0 Å². The first-order valence-electron chi connectivity index (χ1n) is 4.63. The van der Waals surface area contributed by atoms with Crippen molar-refractivity contribution in [3.05, 3.63) is 35.6 Å². The topological polar surface area (TPSA) is 46.2 Å². The monoisotopic (exact) mass is 209 g/mol. The number of rotatable bonds is 4. The molecule has 0 saturated carbocycles. The van der Waals surface area contributed by atoms with Gasteiger partial charge in [0.25, 0.3) is 0 Å². The smallest absolute Gasteiger partial charge is 0.220 e. The second-order valence-corrected chi connectivity index (χ2v) is 3.08. The van der Waals surface area contributed by atoms with E-state index in [4.69, 9.17) is 0 Å². The molecule has 0 aliphatic rings. The van der Waals surface area contributed by atoms with Gasteiger partial charge < -0.3 is 5.32 Å². The number of halogens is 1. The molecule has 1 amide bonds. The molecule has 4 heteroatoms. The van der Waals surface area contributed by atoms with Gasteiger partial charge in [-0.25, -0.2) is 4.39 Å². The van der Waals surface area contributed by atoms with Crippen LogP contribution in [0.2, 0.25) is 0 Å². The molecule has 0 saturated heterocycles. The fourth-order valence-electron chi connectivity index (χ4n) is 1.17. The fraction of sp³-hybridized carbons (Fsp3) is 0.273. The maximum Gasteiger partial charge on any atom is 0.220 e. The van der Waals surface area contributed by atoms with E-state index in [1.54, 1.807) is 6.07 Å². The van der Waals surface area contributed by atoms with Gasteiger partial charge in [0.1, 0.15) is 5.82 Å². The molecule has 0 aliphatic carbocycles. The second-order valence-electron chi connectivity index (χ2n) is 3.08. The van der Waals surface area contributed by atoms with Crippen LogP contribution in [0.15, 0.2) is 24.3 Å². The van der Waals surface area contributed by atoms with Crippen LogP contribution in [0.3, 0.4) is 0 Å². The van der Waals surface area contributed by atoms with Gasteiger partial charge in [-0.3, -0.25) is 9.59 Å². The highest BCUT2D eigenvalue weighted by Crippen LogP contribution is 2.10. The zero-order valence-corrected chi connectivity index (χ0v) is 8.42. The van der Waals surface area contributed by atoms with Gasteiger partial charge in [-0.2, -0.15) is 0 Å². The van der Waals surface area contributed by atoms with Crippen LogP contribution in [0.25, 0.3) is 0 Å². The van der Waals surface area contributed by atoms with E-state index < -0.39 is 5.82 Å². The van der Waals surface area contributed by atoms with Crippen LogP contribution in [0.1, 0.15) is 23.2 Å². The molecule has 80 valence electrons. The van der Waals surface area contributed by atoms with Gasteiger partial charge in [-0.1, -0.05) is 12.1 Å². The van der Waals surface area contributed by atoms with Crippen molar-refractivity contribution in [2.24, 2.45) is 0 Å². The van der Waals surface area contributed by atoms with Gasteiger partial charge in [0, 0.05) is 19.9 Å². The molecular formula is C11H12FNO2. The van der Waals surface area contributed by atoms with Crippen molar-refractivity contribution in [2.75, 3.05) is 7.05 Å². The number of ketones is 1. The lowest BCUT2D eigenvalue weighted by molar-refractivity contribution is -0.120. The summed E-state index contributed by atoms with van der Waals surface area (Å²) in [5, 5.41) is 2.40. The molecule has 0 aliphatic heterocycles. The second kappa shape index (κ2) is 5.24. The van der Waals surface area contributed by atoms with Crippen molar-refractivity contribution in [1.82, 2.24) is 5.32 Å². The molecule has 0 heterocycles. The molecule has 1 aromatic carbocycles. The number of carbonyl (C=O) groups excluding carboxylic acids is 2. The molecule has 0 bridgehead atoms. The number of hydrogen-bond acceptors (Lipinski definition) is 2. The third-order valence-electron chi connectivity index (χ3n) is 2.03. The van der Waals surface area contributed by atoms with E-state index in [1.165, 1.54) is 25.2 Å². The molecule has 1 rings (SSSR count). The number of hydrogen-bond donors (Lipinski definition) is 1. The highest BCUT2D eigenvalue weighted by atomic mass is 19.1.